The fraction of sp³-hybridized carbons (Fsp3) is 0.930. The number of unbranched alkanes of at least 4 members (excludes halogenated alkanes) is 28. The minimum Gasteiger partial charge on any atom is -0.394 e. The first-order valence-corrected chi connectivity index (χ1v) is 21.3. The van der Waals surface area contributed by atoms with Crippen molar-refractivity contribution in [3.8, 4) is 0 Å². The molecule has 0 aliphatic carbocycles. The van der Waals surface area contributed by atoms with Gasteiger partial charge in [0.05, 0.1) is 18.8 Å². The van der Waals surface area contributed by atoms with Crippen molar-refractivity contribution < 1.29 is 15.0 Å². The quantitative estimate of drug-likeness (QED) is 0.0455. The van der Waals surface area contributed by atoms with Crippen LogP contribution in [0.4, 0.5) is 0 Å². The Bertz CT molecular complexity index is 651. The average Bonchev–Trinajstić information content (AvgIpc) is 3.08. The zero-order valence-corrected chi connectivity index (χ0v) is 32.2. The van der Waals surface area contributed by atoms with Gasteiger partial charge in [-0.25, -0.2) is 0 Å². The van der Waals surface area contributed by atoms with Gasteiger partial charge in [0.15, 0.2) is 0 Å². The number of aliphatic hydroxyl groups excluding tert-OH is 2. The molecule has 4 heteroatoms. The zero-order chi connectivity index (χ0) is 34.5. The lowest BCUT2D eigenvalue weighted by atomic mass is 10.00. The van der Waals surface area contributed by atoms with E-state index >= 15 is 0 Å². The maximum Gasteiger partial charge on any atom is 0.220 e. The largest absolute Gasteiger partial charge is 0.394 e. The molecular weight excluding hydrogens is 578 g/mol. The maximum atomic E-state index is 12.4. The molecule has 1 amide bonds. The summed E-state index contributed by atoms with van der Waals surface area (Å²) in [4.78, 5) is 12.4. The Morgan fingerprint density at radius 1 is 0.574 bits per heavy atom. The molecule has 4 nitrogen and oxygen atoms in total. The smallest absolute Gasteiger partial charge is 0.220 e. The van der Waals surface area contributed by atoms with Crippen molar-refractivity contribution in [1.82, 2.24) is 5.32 Å². The van der Waals surface area contributed by atoms with E-state index in [4.69, 9.17) is 0 Å². The predicted octanol–water partition coefficient (Wildman–Crippen LogP) is 12.9. The van der Waals surface area contributed by atoms with Crippen molar-refractivity contribution in [2.75, 3.05) is 6.61 Å². The van der Waals surface area contributed by atoms with Gasteiger partial charge in [-0.05, 0) is 25.2 Å². The Hall–Kier alpha value is -0.870. The second kappa shape index (κ2) is 37.9. The highest BCUT2D eigenvalue weighted by Gasteiger charge is 2.17. The van der Waals surface area contributed by atoms with Gasteiger partial charge in [-0.1, -0.05) is 219 Å². The molecular formula is C43H85NO3. The minimum atomic E-state index is -0.834. The molecule has 280 valence electrons. The van der Waals surface area contributed by atoms with E-state index in [0.717, 1.165) is 31.6 Å². The predicted molar refractivity (Wildman–Crippen MR) is 207 cm³/mol. The summed E-state index contributed by atoms with van der Waals surface area (Å²) in [5, 5.41) is 22.9. The molecule has 0 bridgehead atoms. The number of hydrogen-bond acceptors (Lipinski definition) is 3. The van der Waals surface area contributed by atoms with Gasteiger partial charge >= 0.3 is 0 Å². The third kappa shape index (κ3) is 34.8. The van der Waals surface area contributed by atoms with Gasteiger partial charge < -0.3 is 15.5 Å². The maximum absolute atomic E-state index is 12.4. The van der Waals surface area contributed by atoms with E-state index in [1.807, 2.05) is 6.08 Å². The topological polar surface area (TPSA) is 69.6 Å². The molecule has 0 aliphatic heterocycles. The van der Waals surface area contributed by atoms with Gasteiger partial charge in [-0.2, -0.15) is 0 Å². The number of hydrogen-bond donors (Lipinski definition) is 3. The molecule has 0 aromatic rings. The lowest BCUT2D eigenvalue weighted by molar-refractivity contribution is -0.123. The number of allylic oxidation sites excluding steroid dienone is 1. The molecule has 0 aromatic carbocycles. The van der Waals surface area contributed by atoms with E-state index < -0.39 is 12.1 Å². The Morgan fingerprint density at radius 2 is 0.957 bits per heavy atom. The molecule has 1 unspecified atom stereocenters. The summed E-state index contributed by atoms with van der Waals surface area (Å²) < 4.78 is 0. The first-order valence-electron chi connectivity index (χ1n) is 21.3. The number of rotatable bonds is 38. The first-order chi connectivity index (χ1) is 23.0. The molecule has 0 aliphatic rings. The number of amides is 1. The molecule has 3 N–H and O–H groups in total. The number of nitrogens with one attached hydrogen (secondary N) is 1. The highest BCUT2D eigenvalue weighted by atomic mass is 16.3. The number of aliphatic hydroxyl groups is 2. The second-order valence-corrected chi connectivity index (χ2v) is 15.0. The van der Waals surface area contributed by atoms with Crippen LogP contribution in [-0.2, 0) is 4.79 Å². The van der Waals surface area contributed by atoms with Crippen LogP contribution < -0.4 is 5.32 Å². The van der Waals surface area contributed by atoms with Crippen LogP contribution in [0.5, 0.6) is 0 Å². The van der Waals surface area contributed by atoms with Crippen LogP contribution >= 0.6 is 0 Å². The van der Waals surface area contributed by atoms with Gasteiger partial charge in [0.25, 0.3) is 0 Å². The molecule has 0 rings (SSSR count). The number of carbonyl (C=O) groups is 1. The Balaban J connectivity index is 3.49. The zero-order valence-electron chi connectivity index (χ0n) is 32.2. The molecule has 0 heterocycles. The van der Waals surface area contributed by atoms with E-state index in [2.05, 4.69) is 26.1 Å². The minimum absolute atomic E-state index is 0.0617. The third-order valence-electron chi connectivity index (χ3n) is 10.3. The third-order valence-corrected chi connectivity index (χ3v) is 10.3. The molecule has 3 atom stereocenters. The normalized spacial score (nSPS) is 13.7. The number of carbonyl (C=O) groups excluding carboxylic acids is 1. The SMILES string of the molecule is CCCCCCCCCCCCCCCCCCCCCCCCCC(=O)N[C@@H](CO)[C@H](O)/C=C/CCCCCCCCC(C)CC. The van der Waals surface area contributed by atoms with Crippen molar-refractivity contribution in [1.29, 1.82) is 0 Å². The van der Waals surface area contributed by atoms with Crippen LogP contribution in [0.15, 0.2) is 12.2 Å². The van der Waals surface area contributed by atoms with Gasteiger partial charge in [0, 0.05) is 6.42 Å². The summed E-state index contributed by atoms with van der Waals surface area (Å²) in [5.74, 6) is 0.801. The first kappa shape index (κ1) is 46.1. The molecule has 0 spiro atoms. The molecule has 0 saturated carbocycles. The summed E-state index contributed by atoms with van der Waals surface area (Å²) in [6, 6.07) is -0.617. The molecule has 0 aromatic heterocycles. The van der Waals surface area contributed by atoms with E-state index in [9.17, 15) is 15.0 Å². The Kier molecular flexibility index (Phi) is 37.2. The van der Waals surface area contributed by atoms with Gasteiger partial charge in [-0.3, -0.25) is 4.79 Å². The molecule has 0 saturated heterocycles. The lowest BCUT2D eigenvalue weighted by Crippen LogP contribution is -2.45. The average molecular weight is 664 g/mol. The van der Waals surface area contributed by atoms with Crippen LogP contribution in [0.3, 0.4) is 0 Å². The Morgan fingerprint density at radius 3 is 1.36 bits per heavy atom. The van der Waals surface area contributed by atoms with E-state index in [-0.39, 0.29) is 12.5 Å². The van der Waals surface area contributed by atoms with Crippen molar-refractivity contribution in [3.63, 3.8) is 0 Å². The van der Waals surface area contributed by atoms with Crippen LogP contribution in [-0.4, -0.2) is 34.9 Å². The molecule has 0 radical (unpaired) electrons. The summed E-state index contributed by atoms with van der Waals surface area (Å²) in [7, 11) is 0. The van der Waals surface area contributed by atoms with Crippen molar-refractivity contribution in [3.05, 3.63) is 12.2 Å². The highest BCUT2D eigenvalue weighted by molar-refractivity contribution is 5.76. The van der Waals surface area contributed by atoms with Crippen LogP contribution in [0.2, 0.25) is 0 Å². The van der Waals surface area contributed by atoms with E-state index in [1.165, 1.54) is 180 Å². The lowest BCUT2D eigenvalue weighted by Gasteiger charge is -2.20. The molecule has 0 fully saturated rings. The van der Waals surface area contributed by atoms with E-state index in [1.54, 1.807) is 6.08 Å². The molecule has 47 heavy (non-hydrogen) atoms. The standard InChI is InChI=1S/C43H85NO3/c1-4-6-7-8-9-10-11-12-13-14-15-16-17-18-19-20-21-22-23-24-29-32-35-38-43(47)44-41(39-45)42(46)37-34-31-28-26-25-27-30-33-36-40(3)5-2/h34,37,40-42,45-46H,4-33,35-36,38-39H2,1-3H3,(H,44,47)/b37-34+/t40?,41-,42+/m0/s1. The fourth-order valence-corrected chi connectivity index (χ4v) is 6.63. The van der Waals surface area contributed by atoms with Crippen molar-refractivity contribution in [2.45, 2.75) is 245 Å². The fourth-order valence-electron chi connectivity index (χ4n) is 6.63. The van der Waals surface area contributed by atoms with Gasteiger partial charge in [0.1, 0.15) is 0 Å². The summed E-state index contributed by atoms with van der Waals surface area (Å²) in [6.07, 6.45) is 46.0. The highest BCUT2D eigenvalue weighted by Crippen LogP contribution is 2.17. The Labute approximate surface area is 295 Å². The van der Waals surface area contributed by atoms with Crippen LogP contribution in [0.25, 0.3) is 0 Å². The van der Waals surface area contributed by atoms with Gasteiger partial charge in [0.2, 0.25) is 5.91 Å². The summed E-state index contributed by atoms with van der Waals surface area (Å²) in [5.41, 5.74) is 0. The van der Waals surface area contributed by atoms with Crippen LogP contribution in [0, 0.1) is 5.92 Å². The van der Waals surface area contributed by atoms with E-state index in [0.29, 0.717) is 6.42 Å². The second-order valence-electron chi connectivity index (χ2n) is 15.0. The van der Waals surface area contributed by atoms with Crippen molar-refractivity contribution >= 4 is 5.91 Å². The summed E-state index contributed by atoms with van der Waals surface area (Å²) in [6.45, 7) is 6.67. The summed E-state index contributed by atoms with van der Waals surface area (Å²) >= 11 is 0. The van der Waals surface area contributed by atoms with Crippen LogP contribution in [0.1, 0.15) is 233 Å². The van der Waals surface area contributed by atoms with Crippen molar-refractivity contribution in [2.24, 2.45) is 5.92 Å². The monoisotopic (exact) mass is 664 g/mol. The van der Waals surface area contributed by atoms with Gasteiger partial charge in [-0.15, -0.1) is 0 Å².